The molecule has 0 saturated heterocycles. The molecule has 8 heteroatoms. The Kier molecular flexibility index (Phi) is 9.87. The van der Waals surface area contributed by atoms with Crippen molar-refractivity contribution in [2.75, 3.05) is 12.3 Å². The first-order valence-electron chi connectivity index (χ1n) is 8.52. The molecule has 1 aromatic heterocycles. The highest BCUT2D eigenvalue weighted by atomic mass is 127. The van der Waals surface area contributed by atoms with Crippen LogP contribution >= 0.6 is 24.0 Å². The monoisotopic (exact) mass is 467 g/mol. The summed E-state index contributed by atoms with van der Waals surface area (Å²) in [5.41, 5.74) is 1.08. The van der Waals surface area contributed by atoms with Gasteiger partial charge >= 0.3 is 0 Å². The van der Waals surface area contributed by atoms with Crippen molar-refractivity contribution in [1.29, 1.82) is 0 Å². The van der Waals surface area contributed by atoms with E-state index in [1.165, 1.54) is 0 Å². The standard InChI is InChI=1S/C16H29N5OS.HI/c1-4-17-16(18-12-14-9-10-19-21(14)3)20-13-7-6-8-15(11-13)23(22)5-2;/h9-10,13,15H,4-8,11-12H2,1-3H3,(H2,17,18,20);1H. The van der Waals surface area contributed by atoms with Crippen molar-refractivity contribution in [2.24, 2.45) is 12.0 Å². The van der Waals surface area contributed by atoms with E-state index < -0.39 is 10.8 Å². The van der Waals surface area contributed by atoms with E-state index in [0.29, 0.717) is 17.8 Å². The van der Waals surface area contributed by atoms with Gasteiger partial charge in [-0.15, -0.1) is 24.0 Å². The van der Waals surface area contributed by atoms with Gasteiger partial charge in [-0.25, -0.2) is 4.99 Å². The Bertz CT molecular complexity index is 548. The number of aromatic nitrogens is 2. The van der Waals surface area contributed by atoms with Crippen LogP contribution in [0, 0.1) is 0 Å². The van der Waals surface area contributed by atoms with Crippen molar-refractivity contribution < 1.29 is 4.21 Å². The lowest BCUT2D eigenvalue weighted by Gasteiger charge is -2.30. The van der Waals surface area contributed by atoms with Gasteiger partial charge in [-0.1, -0.05) is 13.3 Å². The SMILES string of the molecule is CCNC(=NCc1ccnn1C)NC1CCCC(S(=O)CC)C1.I. The number of nitrogens with one attached hydrogen (secondary N) is 2. The number of guanidine groups is 1. The fourth-order valence-electron chi connectivity index (χ4n) is 2.98. The van der Waals surface area contributed by atoms with Crippen LogP contribution in [0.1, 0.15) is 45.2 Å². The lowest BCUT2D eigenvalue weighted by atomic mass is 9.95. The molecule has 0 bridgehead atoms. The molecule has 0 amide bonds. The van der Waals surface area contributed by atoms with Gasteiger partial charge in [-0.2, -0.15) is 5.10 Å². The summed E-state index contributed by atoms with van der Waals surface area (Å²) in [5.74, 6) is 1.59. The topological polar surface area (TPSA) is 71.3 Å². The van der Waals surface area contributed by atoms with Crippen molar-refractivity contribution in [2.45, 2.75) is 57.4 Å². The third kappa shape index (κ3) is 6.34. The second-order valence-corrected chi connectivity index (χ2v) is 7.95. The molecule has 2 N–H and O–H groups in total. The predicted octanol–water partition coefficient (Wildman–Crippen LogP) is 2.17. The first-order valence-corrected chi connectivity index (χ1v) is 9.91. The Morgan fingerprint density at radius 3 is 2.88 bits per heavy atom. The molecule has 1 saturated carbocycles. The largest absolute Gasteiger partial charge is 0.357 e. The highest BCUT2D eigenvalue weighted by Crippen LogP contribution is 2.23. The third-order valence-electron chi connectivity index (χ3n) is 4.29. The van der Waals surface area contributed by atoms with Crippen LogP contribution in [0.3, 0.4) is 0 Å². The van der Waals surface area contributed by atoms with Gasteiger partial charge in [0, 0.05) is 47.6 Å². The van der Waals surface area contributed by atoms with E-state index >= 15 is 0 Å². The van der Waals surface area contributed by atoms with E-state index in [4.69, 9.17) is 0 Å². The summed E-state index contributed by atoms with van der Waals surface area (Å²) in [7, 11) is 1.23. The van der Waals surface area contributed by atoms with Gasteiger partial charge in [0.05, 0.1) is 12.2 Å². The van der Waals surface area contributed by atoms with E-state index in [-0.39, 0.29) is 24.0 Å². The maximum atomic E-state index is 12.1. The Labute approximate surface area is 164 Å². The highest BCUT2D eigenvalue weighted by molar-refractivity contribution is 14.0. The summed E-state index contributed by atoms with van der Waals surface area (Å²) < 4.78 is 13.9. The minimum Gasteiger partial charge on any atom is -0.357 e. The second-order valence-electron chi connectivity index (χ2n) is 5.94. The summed E-state index contributed by atoms with van der Waals surface area (Å²) >= 11 is 0. The van der Waals surface area contributed by atoms with Gasteiger partial charge in [-0.3, -0.25) is 8.89 Å². The number of hydrogen-bond donors (Lipinski definition) is 2. The second kappa shape index (κ2) is 11.1. The van der Waals surface area contributed by atoms with Crippen LogP contribution in [-0.4, -0.2) is 43.5 Å². The summed E-state index contributed by atoms with van der Waals surface area (Å²) in [6, 6.07) is 2.34. The normalized spacial score (nSPS) is 22.5. The van der Waals surface area contributed by atoms with Gasteiger partial charge in [0.25, 0.3) is 0 Å². The average molecular weight is 467 g/mol. The number of nitrogens with zero attached hydrogens (tertiary/aromatic N) is 3. The van der Waals surface area contributed by atoms with Crippen molar-refractivity contribution in [1.82, 2.24) is 20.4 Å². The predicted molar refractivity (Wildman–Crippen MR) is 111 cm³/mol. The molecule has 1 aliphatic carbocycles. The van der Waals surface area contributed by atoms with Crippen molar-refractivity contribution >= 4 is 40.7 Å². The number of hydrogen-bond acceptors (Lipinski definition) is 3. The quantitative estimate of drug-likeness (QED) is 0.382. The minimum atomic E-state index is -0.696. The van der Waals surface area contributed by atoms with E-state index in [1.54, 1.807) is 6.20 Å². The zero-order valence-corrected chi connectivity index (χ0v) is 18.0. The molecule has 24 heavy (non-hydrogen) atoms. The van der Waals surface area contributed by atoms with Crippen LogP contribution < -0.4 is 10.6 Å². The molecule has 0 radical (unpaired) electrons. The Morgan fingerprint density at radius 1 is 1.46 bits per heavy atom. The van der Waals surface area contributed by atoms with Gasteiger partial charge in [-0.05, 0) is 32.3 Å². The number of halogens is 1. The summed E-state index contributed by atoms with van der Waals surface area (Å²) in [6.45, 7) is 5.50. The van der Waals surface area contributed by atoms with E-state index in [9.17, 15) is 4.21 Å². The van der Waals surface area contributed by atoms with Crippen molar-refractivity contribution in [3.8, 4) is 0 Å². The molecule has 3 atom stereocenters. The molecule has 1 aliphatic rings. The zero-order valence-electron chi connectivity index (χ0n) is 14.8. The van der Waals surface area contributed by atoms with E-state index in [2.05, 4.69) is 27.6 Å². The molecule has 1 aromatic rings. The molecule has 2 rings (SSSR count). The fourth-order valence-corrected chi connectivity index (χ4v) is 4.33. The van der Waals surface area contributed by atoms with Crippen LogP contribution in [-0.2, 0) is 24.4 Å². The fraction of sp³-hybridized carbons (Fsp3) is 0.750. The Balaban J connectivity index is 0.00000288. The van der Waals surface area contributed by atoms with Gasteiger partial charge < -0.3 is 10.6 Å². The van der Waals surface area contributed by atoms with E-state index in [0.717, 1.165) is 49.6 Å². The molecule has 3 unspecified atom stereocenters. The summed E-state index contributed by atoms with van der Waals surface area (Å²) in [5, 5.41) is 11.3. The van der Waals surface area contributed by atoms with Crippen LogP contribution in [0.5, 0.6) is 0 Å². The third-order valence-corrected chi connectivity index (χ3v) is 6.03. The first-order chi connectivity index (χ1) is 11.1. The lowest BCUT2D eigenvalue weighted by molar-refractivity contribution is 0.413. The van der Waals surface area contributed by atoms with Gasteiger partial charge in [0.1, 0.15) is 0 Å². The van der Waals surface area contributed by atoms with Crippen LogP contribution in [0.2, 0.25) is 0 Å². The molecular weight excluding hydrogens is 437 g/mol. The van der Waals surface area contributed by atoms with Gasteiger partial charge in [0.15, 0.2) is 5.96 Å². The Hall–Kier alpha value is -0.640. The molecule has 0 aliphatic heterocycles. The van der Waals surface area contributed by atoms with E-state index in [1.807, 2.05) is 24.7 Å². The number of rotatable bonds is 6. The maximum Gasteiger partial charge on any atom is 0.191 e. The average Bonchev–Trinajstić information content (AvgIpc) is 2.97. The molecular formula is C16H30IN5OS. The Morgan fingerprint density at radius 2 is 2.25 bits per heavy atom. The van der Waals surface area contributed by atoms with Gasteiger partial charge in [0.2, 0.25) is 0 Å². The summed E-state index contributed by atoms with van der Waals surface area (Å²) in [4.78, 5) is 4.66. The van der Waals surface area contributed by atoms with Crippen molar-refractivity contribution in [3.05, 3.63) is 18.0 Å². The summed E-state index contributed by atoms with van der Waals surface area (Å²) in [6.07, 6.45) is 6.09. The van der Waals surface area contributed by atoms with Crippen LogP contribution in [0.25, 0.3) is 0 Å². The maximum absolute atomic E-state index is 12.1. The zero-order chi connectivity index (χ0) is 16.7. The molecule has 1 heterocycles. The minimum absolute atomic E-state index is 0. The number of aliphatic imine (C=N–C) groups is 1. The smallest absolute Gasteiger partial charge is 0.191 e. The lowest BCUT2D eigenvalue weighted by Crippen LogP contribution is -2.46. The van der Waals surface area contributed by atoms with Crippen LogP contribution in [0.15, 0.2) is 17.3 Å². The molecule has 0 spiro atoms. The highest BCUT2D eigenvalue weighted by Gasteiger charge is 2.26. The molecule has 1 fully saturated rings. The van der Waals surface area contributed by atoms with Crippen LogP contribution in [0.4, 0.5) is 0 Å². The molecule has 138 valence electrons. The molecule has 6 nitrogen and oxygen atoms in total. The first kappa shape index (κ1) is 21.4. The van der Waals surface area contributed by atoms with Crippen molar-refractivity contribution in [3.63, 3.8) is 0 Å². The molecule has 0 aromatic carbocycles. The number of aryl methyl sites for hydroxylation is 1.